The highest BCUT2D eigenvalue weighted by molar-refractivity contribution is 5.99. The predicted molar refractivity (Wildman–Crippen MR) is 126 cm³/mol. The van der Waals surface area contributed by atoms with Crippen molar-refractivity contribution in [2.24, 2.45) is 0 Å². The van der Waals surface area contributed by atoms with Crippen molar-refractivity contribution in [2.45, 2.75) is 31.0 Å². The van der Waals surface area contributed by atoms with Crippen molar-refractivity contribution in [3.63, 3.8) is 0 Å². The zero-order valence-corrected chi connectivity index (χ0v) is 18.6. The molecule has 0 radical (unpaired) electrons. The molecule has 7 nitrogen and oxygen atoms in total. The Morgan fingerprint density at radius 1 is 1.03 bits per heavy atom. The lowest BCUT2D eigenvalue weighted by molar-refractivity contribution is -0.138. The summed E-state index contributed by atoms with van der Waals surface area (Å²) >= 11 is 0. The molecule has 5 rings (SSSR count). The summed E-state index contributed by atoms with van der Waals surface area (Å²) in [6.45, 7) is 0.470. The standard InChI is InChI=1S/C27H25N3O4/c31-23-17-34-24-12-14-30(25(23)24)27(33)22(15-18-5-4-13-28-16-18)29-26(32)21-10-8-20(9-11-21)19-6-2-1-3-7-19/h1-11,13,16,22,24-25H,12,14-15,17H2,(H,29,32). The number of aromatic nitrogens is 1. The van der Waals surface area contributed by atoms with E-state index in [-0.39, 0.29) is 36.7 Å². The highest BCUT2D eigenvalue weighted by Gasteiger charge is 2.48. The molecule has 1 N–H and O–H groups in total. The number of fused-ring (bicyclic) bond motifs is 1. The van der Waals surface area contributed by atoms with Gasteiger partial charge in [0, 0.05) is 30.9 Å². The van der Waals surface area contributed by atoms with E-state index in [0.717, 1.165) is 16.7 Å². The molecule has 0 saturated carbocycles. The summed E-state index contributed by atoms with van der Waals surface area (Å²) in [6.07, 6.45) is 3.99. The second-order valence-electron chi connectivity index (χ2n) is 8.62. The van der Waals surface area contributed by atoms with Crippen molar-refractivity contribution >= 4 is 17.6 Å². The number of carbonyl (C=O) groups is 3. The lowest BCUT2D eigenvalue weighted by Crippen LogP contribution is -2.53. The summed E-state index contributed by atoms with van der Waals surface area (Å²) in [7, 11) is 0. The van der Waals surface area contributed by atoms with E-state index in [0.29, 0.717) is 18.5 Å². The number of hydrogen-bond donors (Lipinski definition) is 1. The molecule has 34 heavy (non-hydrogen) atoms. The van der Waals surface area contributed by atoms with E-state index in [1.54, 1.807) is 35.5 Å². The van der Waals surface area contributed by atoms with Crippen LogP contribution in [-0.2, 0) is 20.7 Å². The molecule has 3 unspecified atom stereocenters. The van der Waals surface area contributed by atoms with E-state index < -0.39 is 12.1 Å². The van der Waals surface area contributed by atoms with E-state index in [1.165, 1.54) is 0 Å². The van der Waals surface area contributed by atoms with Crippen molar-refractivity contribution in [3.8, 4) is 11.1 Å². The first-order chi connectivity index (χ1) is 16.6. The monoisotopic (exact) mass is 455 g/mol. The van der Waals surface area contributed by atoms with Crippen LogP contribution in [0.25, 0.3) is 11.1 Å². The third kappa shape index (κ3) is 4.47. The number of amides is 2. The van der Waals surface area contributed by atoms with Crippen LogP contribution < -0.4 is 5.32 Å². The second-order valence-corrected chi connectivity index (χ2v) is 8.62. The van der Waals surface area contributed by atoms with Crippen LogP contribution in [0.2, 0.25) is 0 Å². The fourth-order valence-electron chi connectivity index (χ4n) is 4.68. The topological polar surface area (TPSA) is 88.6 Å². The Bertz CT molecular complexity index is 1180. The van der Waals surface area contributed by atoms with Gasteiger partial charge in [-0.2, -0.15) is 0 Å². The average molecular weight is 456 g/mol. The van der Waals surface area contributed by atoms with Crippen LogP contribution in [-0.4, -0.2) is 58.8 Å². The molecule has 2 amide bonds. The smallest absolute Gasteiger partial charge is 0.251 e. The molecule has 3 heterocycles. The van der Waals surface area contributed by atoms with Gasteiger partial charge in [-0.05, 0) is 41.3 Å². The molecule has 2 aliphatic heterocycles. The predicted octanol–water partition coefficient (Wildman–Crippen LogP) is 2.66. The van der Waals surface area contributed by atoms with Crippen LogP contribution in [0.1, 0.15) is 22.3 Å². The number of pyridine rings is 1. The SMILES string of the molecule is O=C(NC(Cc1cccnc1)C(=O)N1CCC2OCC(=O)C21)c1ccc(-c2ccccc2)cc1. The van der Waals surface area contributed by atoms with Gasteiger partial charge in [-0.1, -0.05) is 48.5 Å². The van der Waals surface area contributed by atoms with Gasteiger partial charge in [0.15, 0.2) is 5.78 Å². The number of Topliss-reactive ketones (excluding diaryl/α,β-unsaturated/α-hetero) is 1. The Kier molecular flexibility index (Phi) is 6.18. The number of hydrogen-bond acceptors (Lipinski definition) is 5. The van der Waals surface area contributed by atoms with Gasteiger partial charge in [-0.3, -0.25) is 19.4 Å². The number of benzene rings is 2. The van der Waals surface area contributed by atoms with Crippen molar-refractivity contribution in [2.75, 3.05) is 13.2 Å². The number of likely N-dealkylation sites (tertiary alicyclic amines) is 1. The fourth-order valence-corrected chi connectivity index (χ4v) is 4.68. The van der Waals surface area contributed by atoms with E-state index in [9.17, 15) is 14.4 Å². The molecular formula is C27H25N3O4. The van der Waals surface area contributed by atoms with Gasteiger partial charge in [-0.25, -0.2) is 0 Å². The van der Waals surface area contributed by atoms with Crippen molar-refractivity contribution in [1.29, 1.82) is 0 Å². The summed E-state index contributed by atoms with van der Waals surface area (Å²) in [5.41, 5.74) is 3.35. The maximum absolute atomic E-state index is 13.5. The van der Waals surface area contributed by atoms with E-state index in [4.69, 9.17) is 4.74 Å². The van der Waals surface area contributed by atoms with Crippen molar-refractivity contribution in [1.82, 2.24) is 15.2 Å². The molecule has 2 aliphatic rings. The largest absolute Gasteiger partial charge is 0.368 e. The zero-order valence-electron chi connectivity index (χ0n) is 18.6. The highest BCUT2D eigenvalue weighted by Crippen LogP contribution is 2.28. The highest BCUT2D eigenvalue weighted by atomic mass is 16.5. The van der Waals surface area contributed by atoms with Gasteiger partial charge < -0.3 is 15.0 Å². The van der Waals surface area contributed by atoms with Gasteiger partial charge >= 0.3 is 0 Å². The first-order valence-electron chi connectivity index (χ1n) is 11.4. The number of nitrogens with zero attached hydrogens (tertiary/aromatic N) is 2. The molecule has 3 atom stereocenters. The first-order valence-corrected chi connectivity index (χ1v) is 11.4. The number of ketones is 1. The molecular weight excluding hydrogens is 430 g/mol. The molecule has 0 aliphatic carbocycles. The van der Waals surface area contributed by atoms with Crippen LogP contribution in [0.15, 0.2) is 79.1 Å². The number of carbonyl (C=O) groups excluding carboxylic acids is 3. The minimum atomic E-state index is -0.822. The van der Waals surface area contributed by atoms with Gasteiger partial charge in [0.05, 0.1) is 6.10 Å². The summed E-state index contributed by atoms with van der Waals surface area (Å²) in [6, 6.07) is 19.5. The van der Waals surface area contributed by atoms with E-state index >= 15 is 0 Å². The minimum Gasteiger partial charge on any atom is -0.368 e. The summed E-state index contributed by atoms with van der Waals surface area (Å²) < 4.78 is 5.52. The number of nitrogens with one attached hydrogen (secondary N) is 1. The third-order valence-corrected chi connectivity index (χ3v) is 6.42. The molecule has 1 aromatic heterocycles. The van der Waals surface area contributed by atoms with Crippen molar-refractivity contribution in [3.05, 3.63) is 90.3 Å². The Hall–Kier alpha value is -3.84. The van der Waals surface area contributed by atoms with Gasteiger partial charge in [0.2, 0.25) is 5.91 Å². The van der Waals surface area contributed by atoms with Crippen LogP contribution in [0.4, 0.5) is 0 Å². The number of ether oxygens (including phenoxy) is 1. The quantitative estimate of drug-likeness (QED) is 0.617. The lowest BCUT2D eigenvalue weighted by Gasteiger charge is -2.27. The van der Waals surface area contributed by atoms with Gasteiger partial charge in [0.1, 0.15) is 18.7 Å². The molecule has 2 saturated heterocycles. The Morgan fingerprint density at radius 3 is 2.53 bits per heavy atom. The Labute approximate surface area is 197 Å². The molecule has 172 valence electrons. The van der Waals surface area contributed by atoms with Crippen LogP contribution in [0.3, 0.4) is 0 Å². The molecule has 7 heteroatoms. The third-order valence-electron chi connectivity index (χ3n) is 6.42. The van der Waals surface area contributed by atoms with Crippen LogP contribution in [0.5, 0.6) is 0 Å². The maximum Gasteiger partial charge on any atom is 0.251 e. The molecule has 0 bridgehead atoms. The second kappa shape index (κ2) is 9.57. The van der Waals surface area contributed by atoms with Gasteiger partial charge in [0.25, 0.3) is 5.91 Å². The molecule has 2 aromatic carbocycles. The van der Waals surface area contributed by atoms with Gasteiger partial charge in [-0.15, -0.1) is 0 Å². The van der Waals surface area contributed by atoms with Crippen LogP contribution >= 0.6 is 0 Å². The van der Waals surface area contributed by atoms with Crippen molar-refractivity contribution < 1.29 is 19.1 Å². The lowest BCUT2D eigenvalue weighted by atomic mass is 10.0. The van der Waals surface area contributed by atoms with E-state index in [2.05, 4.69) is 10.3 Å². The summed E-state index contributed by atoms with van der Waals surface area (Å²) in [5, 5.41) is 2.90. The molecule has 2 fully saturated rings. The Balaban J connectivity index is 1.35. The fraction of sp³-hybridized carbons (Fsp3) is 0.259. The summed E-state index contributed by atoms with van der Waals surface area (Å²) in [4.78, 5) is 44.7. The zero-order chi connectivity index (χ0) is 23.5. The van der Waals surface area contributed by atoms with Crippen LogP contribution in [0, 0.1) is 0 Å². The first kappa shape index (κ1) is 22.0. The molecule has 3 aromatic rings. The minimum absolute atomic E-state index is 0.0342. The molecule has 0 spiro atoms. The number of rotatable bonds is 6. The van der Waals surface area contributed by atoms with E-state index in [1.807, 2.05) is 48.5 Å². The normalized spacial score (nSPS) is 20.1. The average Bonchev–Trinajstić information content (AvgIpc) is 3.47. The Morgan fingerprint density at radius 2 is 1.79 bits per heavy atom. The summed E-state index contributed by atoms with van der Waals surface area (Å²) in [5.74, 6) is -0.699. The maximum atomic E-state index is 13.5.